The lowest BCUT2D eigenvalue weighted by atomic mass is 10.1. The van der Waals surface area contributed by atoms with Crippen LogP contribution in [0.2, 0.25) is 0 Å². The number of rotatable bonds is 2. The summed E-state index contributed by atoms with van der Waals surface area (Å²) in [6, 6.07) is 11.9. The van der Waals surface area contributed by atoms with Crippen LogP contribution in [-0.2, 0) is 0 Å². The number of nitrogens with one attached hydrogen (secondary N) is 1. The highest BCUT2D eigenvalue weighted by molar-refractivity contribution is 6.06. The number of anilines is 1. The van der Waals surface area contributed by atoms with Crippen molar-refractivity contribution in [3.05, 3.63) is 59.2 Å². The fraction of sp³-hybridized carbons (Fsp3) is 0.118. The first-order valence-electron chi connectivity index (χ1n) is 6.50. The first-order chi connectivity index (χ1) is 10.1. The fourth-order valence-corrected chi connectivity index (χ4v) is 1.84. The Morgan fingerprint density at radius 1 is 1.29 bits per heavy atom. The topological polar surface area (TPSA) is 75.3 Å². The Labute approximate surface area is 123 Å². The predicted molar refractivity (Wildman–Crippen MR) is 83.2 cm³/mol. The maximum atomic E-state index is 12.2. The van der Waals surface area contributed by atoms with Gasteiger partial charge in [0.1, 0.15) is 5.75 Å². The second-order valence-electron chi connectivity index (χ2n) is 4.51. The van der Waals surface area contributed by atoms with Crippen LogP contribution in [-0.4, -0.2) is 17.6 Å². The lowest BCUT2D eigenvalue weighted by Gasteiger charge is -2.10. The summed E-state index contributed by atoms with van der Waals surface area (Å²) in [5, 5.41) is 12.5. The van der Waals surface area contributed by atoms with Crippen molar-refractivity contribution < 1.29 is 9.90 Å². The molecule has 1 amide bonds. The molecular formula is C17H16N2O2. The van der Waals surface area contributed by atoms with E-state index < -0.39 is 0 Å². The highest BCUT2D eigenvalue weighted by Gasteiger charge is 2.11. The van der Waals surface area contributed by atoms with Crippen molar-refractivity contribution in [3.8, 4) is 17.6 Å². The number of phenols is 1. The van der Waals surface area contributed by atoms with Crippen LogP contribution >= 0.6 is 0 Å². The zero-order valence-corrected chi connectivity index (χ0v) is 11.7. The number of phenolic OH excluding ortho intramolecular Hbond substituents is 1. The van der Waals surface area contributed by atoms with E-state index >= 15 is 0 Å². The Kier molecular flexibility index (Phi) is 4.60. The average molecular weight is 280 g/mol. The SMILES string of the molecule is Cc1ccc(C#CCN)cc1NC(=O)c1ccccc1O. The van der Waals surface area contributed by atoms with Gasteiger partial charge < -0.3 is 16.2 Å². The Bertz CT molecular complexity index is 727. The minimum Gasteiger partial charge on any atom is -0.507 e. The third-order valence-corrected chi connectivity index (χ3v) is 2.97. The van der Waals surface area contributed by atoms with E-state index in [2.05, 4.69) is 17.2 Å². The Hall–Kier alpha value is -2.77. The molecule has 0 aromatic heterocycles. The number of carbonyl (C=O) groups excluding carboxylic acids is 1. The van der Waals surface area contributed by atoms with Gasteiger partial charge in [0.15, 0.2) is 0 Å². The van der Waals surface area contributed by atoms with Gasteiger partial charge in [0, 0.05) is 11.3 Å². The van der Waals surface area contributed by atoms with Crippen LogP contribution in [0, 0.1) is 18.8 Å². The first-order valence-corrected chi connectivity index (χ1v) is 6.50. The lowest BCUT2D eigenvalue weighted by molar-refractivity contribution is 0.102. The van der Waals surface area contributed by atoms with E-state index in [0.29, 0.717) is 5.69 Å². The Balaban J connectivity index is 2.27. The average Bonchev–Trinajstić information content (AvgIpc) is 2.48. The predicted octanol–water partition coefficient (Wildman–Crippen LogP) is 2.26. The molecule has 4 N–H and O–H groups in total. The number of hydrogen-bond donors (Lipinski definition) is 3. The molecule has 2 aromatic rings. The van der Waals surface area contributed by atoms with Crippen molar-refractivity contribution in [1.82, 2.24) is 0 Å². The molecule has 0 saturated heterocycles. The molecule has 106 valence electrons. The third-order valence-electron chi connectivity index (χ3n) is 2.97. The van der Waals surface area contributed by atoms with Crippen molar-refractivity contribution in [1.29, 1.82) is 0 Å². The fourth-order valence-electron chi connectivity index (χ4n) is 1.84. The molecule has 4 heteroatoms. The van der Waals surface area contributed by atoms with Gasteiger partial charge >= 0.3 is 0 Å². The van der Waals surface area contributed by atoms with Gasteiger partial charge in [-0.05, 0) is 36.8 Å². The summed E-state index contributed by atoms with van der Waals surface area (Å²) in [5.41, 5.74) is 7.93. The molecule has 0 aliphatic heterocycles. The Morgan fingerprint density at radius 2 is 2.05 bits per heavy atom. The molecule has 0 spiro atoms. The summed E-state index contributed by atoms with van der Waals surface area (Å²) < 4.78 is 0. The van der Waals surface area contributed by atoms with Gasteiger partial charge in [-0.3, -0.25) is 4.79 Å². The van der Waals surface area contributed by atoms with E-state index in [9.17, 15) is 9.90 Å². The zero-order valence-electron chi connectivity index (χ0n) is 11.7. The number of benzene rings is 2. The van der Waals surface area contributed by atoms with Gasteiger partial charge in [-0.1, -0.05) is 30.0 Å². The lowest BCUT2D eigenvalue weighted by Crippen LogP contribution is -2.13. The van der Waals surface area contributed by atoms with Crippen LogP contribution in [0.5, 0.6) is 5.75 Å². The molecule has 0 atom stereocenters. The zero-order chi connectivity index (χ0) is 15.2. The smallest absolute Gasteiger partial charge is 0.259 e. The largest absolute Gasteiger partial charge is 0.507 e. The highest BCUT2D eigenvalue weighted by Crippen LogP contribution is 2.20. The van der Waals surface area contributed by atoms with E-state index in [0.717, 1.165) is 11.1 Å². The molecule has 2 rings (SSSR count). The number of nitrogens with two attached hydrogens (primary N) is 1. The molecule has 0 unspecified atom stereocenters. The van der Waals surface area contributed by atoms with Crippen LogP contribution in [0.15, 0.2) is 42.5 Å². The summed E-state index contributed by atoms with van der Waals surface area (Å²) in [4.78, 5) is 12.2. The monoisotopic (exact) mass is 280 g/mol. The van der Waals surface area contributed by atoms with Crippen LogP contribution in [0.4, 0.5) is 5.69 Å². The number of hydrogen-bond acceptors (Lipinski definition) is 3. The van der Waals surface area contributed by atoms with E-state index in [4.69, 9.17) is 5.73 Å². The molecule has 0 heterocycles. The highest BCUT2D eigenvalue weighted by atomic mass is 16.3. The van der Waals surface area contributed by atoms with Crippen LogP contribution in [0.1, 0.15) is 21.5 Å². The van der Waals surface area contributed by atoms with Gasteiger partial charge in [0.25, 0.3) is 5.91 Å². The van der Waals surface area contributed by atoms with Crippen molar-refractivity contribution in [3.63, 3.8) is 0 Å². The number of aryl methyl sites for hydroxylation is 1. The maximum absolute atomic E-state index is 12.2. The van der Waals surface area contributed by atoms with Gasteiger partial charge in [0.2, 0.25) is 0 Å². The van der Waals surface area contributed by atoms with Crippen LogP contribution in [0.25, 0.3) is 0 Å². The van der Waals surface area contributed by atoms with E-state index in [1.54, 1.807) is 24.3 Å². The summed E-state index contributed by atoms with van der Waals surface area (Å²) in [5.74, 6) is 5.28. The molecule has 4 nitrogen and oxygen atoms in total. The summed E-state index contributed by atoms with van der Waals surface area (Å²) >= 11 is 0. The van der Waals surface area contributed by atoms with Crippen molar-refractivity contribution in [2.75, 3.05) is 11.9 Å². The molecule has 21 heavy (non-hydrogen) atoms. The number of aromatic hydroxyl groups is 1. The van der Waals surface area contributed by atoms with Gasteiger partial charge in [-0.2, -0.15) is 0 Å². The minimum atomic E-state index is -0.361. The number of amides is 1. The summed E-state index contributed by atoms with van der Waals surface area (Å²) in [6.45, 7) is 2.17. The van der Waals surface area contributed by atoms with Crippen molar-refractivity contribution in [2.24, 2.45) is 5.73 Å². The van der Waals surface area contributed by atoms with Crippen LogP contribution < -0.4 is 11.1 Å². The van der Waals surface area contributed by atoms with Crippen molar-refractivity contribution >= 4 is 11.6 Å². The van der Waals surface area contributed by atoms with Gasteiger partial charge in [-0.15, -0.1) is 0 Å². The quantitative estimate of drug-likeness (QED) is 0.739. The molecule has 2 aromatic carbocycles. The normalized spacial score (nSPS) is 9.62. The maximum Gasteiger partial charge on any atom is 0.259 e. The molecular weight excluding hydrogens is 264 g/mol. The second kappa shape index (κ2) is 6.60. The summed E-state index contributed by atoms with van der Waals surface area (Å²) in [6.07, 6.45) is 0. The molecule has 0 radical (unpaired) electrons. The molecule has 0 saturated carbocycles. The van der Waals surface area contributed by atoms with E-state index in [1.807, 2.05) is 19.1 Å². The molecule has 0 aliphatic rings. The molecule has 0 bridgehead atoms. The second-order valence-corrected chi connectivity index (χ2v) is 4.51. The first kappa shape index (κ1) is 14.6. The molecule has 0 fully saturated rings. The number of carbonyl (C=O) groups is 1. The third kappa shape index (κ3) is 3.62. The van der Waals surface area contributed by atoms with Gasteiger partial charge in [0.05, 0.1) is 12.1 Å². The summed E-state index contributed by atoms with van der Waals surface area (Å²) in [7, 11) is 0. The van der Waals surface area contributed by atoms with Gasteiger partial charge in [-0.25, -0.2) is 0 Å². The Morgan fingerprint density at radius 3 is 2.76 bits per heavy atom. The van der Waals surface area contributed by atoms with E-state index in [1.165, 1.54) is 6.07 Å². The van der Waals surface area contributed by atoms with Crippen LogP contribution in [0.3, 0.4) is 0 Å². The van der Waals surface area contributed by atoms with Crippen molar-refractivity contribution in [2.45, 2.75) is 6.92 Å². The van der Waals surface area contributed by atoms with E-state index in [-0.39, 0.29) is 23.8 Å². The molecule has 0 aliphatic carbocycles. The standard InChI is InChI=1S/C17H16N2O2/c1-12-8-9-13(5-4-10-18)11-15(12)19-17(21)14-6-2-3-7-16(14)20/h2-3,6-9,11,20H,10,18H2,1H3,(H,19,21). The number of para-hydroxylation sites is 1. The minimum absolute atomic E-state index is 0.0493.